The molecule has 2 aromatic carbocycles. The Bertz CT molecular complexity index is 1010. The van der Waals surface area contributed by atoms with Crippen molar-refractivity contribution in [3.63, 3.8) is 0 Å². The molecule has 0 fully saturated rings. The zero-order valence-electron chi connectivity index (χ0n) is 13.6. The number of halogens is 3. The van der Waals surface area contributed by atoms with Gasteiger partial charge in [0.15, 0.2) is 0 Å². The van der Waals surface area contributed by atoms with E-state index >= 15 is 0 Å². The lowest BCUT2D eigenvalue weighted by Gasteiger charge is -2.15. The van der Waals surface area contributed by atoms with Crippen molar-refractivity contribution in [3.8, 4) is 0 Å². The van der Waals surface area contributed by atoms with E-state index in [2.05, 4.69) is 26.2 Å². The van der Waals surface area contributed by atoms with Crippen LogP contribution in [0.15, 0.2) is 41.0 Å². The number of nitrogens with one attached hydrogen (secondary N) is 1. The Labute approximate surface area is 156 Å². The molecule has 5 nitrogen and oxygen atoms in total. The average Bonchev–Trinajstić information content (AvgIpc) is 2.57. The first-order valence-electron chi connectivity index (χ1n) is 7.67. The molecule has 0 unspecified atom stereocenters. The number of aromatic nitrogens is 1. The maximum atomic E-state index is 14.3. The Morgan fingerprint density at radius 3 is 2.77 bits per heavy atom. The fourth-order valence-corrected chi connectivity index (χ4v) is 3.01. The van der Waals surface area contributed by atoms with E-state index in [1.807, 2.05) is 0 Å². The minimum Gasteiger partial charge on any atom is -0.462 e. The number of carbonyl (C=O) groups excluding carboxylic acids is 1. The van der Waals surface area contributed by atoms with E-state index in [0.29, 0.717) is 15.8 Å². The quantitative estimate of drug-likeness (QED) is 0.468. The van der Waals surface area contributed by atoms with Crippen molar-refractivity contribution in [2.24, 2.45) is 0 Å². The van der Waals surface area contributed by atoms with Crippen LogP contribution in [0, 0.1) is 11.6 Å². The fraction of sp³-hybridized carbons (Fsp3) is 0.111. The number of rotatable bonds is 4. The van der Waals surface area contributed by atoms with Gasteiger partial charge < -0.3 is 15.8 Å². The van der Waals surface area contributed by atoms with Crippen LogP contribution in [0.1, 0.15) is 17.3 Å². The SMILES string of the molecule is CCOC(=O)c1cc(Br)cc(Nc2ccnc3cc(F)cc(F)c23)c1N. The minimum atomic E-state index is -0.755. The summed E-state index contributed by atoms with van der Waals surface area (Å²) < 4.78 is 33.3. The summed E-state index contributed by atoms with van der Waals surface area (Å²) in [6, 6.07) is 6.64. The standard InChI is InChI=1S/C18H14BrF2N3O2/c1-2-26-18(25)11-5-9(19)6-15(17(11)22)24-13-3-4-23-14-8-10(20)7-12(21)16(13)14/h3-8H,2,22H2,1H3,(H,23,24). The summed E-state index contributed by atoms with van der Waals surface area (Å²) >= 11 is 3.31. The highest BCUT2D eigenvalue weighted by Gasteiger charge is 2.17. The highest BCUT2D eigenvalue weighted by molar-refractivity contribution is 9.10. The number of ether oxygens (including phenoxy) is 1. The molecule has 1 aromatic heterocycles. The van der Waals surface area contributed by atoms with Gasteiger partial charge in [-0.1, -0.05) is 15.9 Å². The molecular formula is C18H14BrF2N3O2. The maximum Gasteiger partial charge on any atom is 0.340 e. The lowest BCUT2D eigenvalue weighted by molar-refractivity contribution is 0.0527. The van der Waals surface area contributed by atoms with E-state index in [-0.39, 0.29) is 28.8 Å². The van der Waals surface area contributed by atoms with Crippen LogP contribution in [0.2, 0.25) is 0 Å². The summed E-state index contributed by atoms with van der Waals surface area (Å²) in [6.45, 7) is 1.90. The molecule has 0 atom stereocenters. The highest BCUT2D eigenvalue weighted by Crippen LogP contribution is 2.34. The third-order valence-electron chi connectivity index (χ3n) is 3.67. The Balaban J connectivity index is 2.10. The molecule has 0 aliphatic carbocycles. The fourth-order valence-electron chi connectivity index (χ4n) is 2.55. The molecule has 3 N–H and O–H groups in total. The van der Waals surface area contributed by atoms with Crippen LogP contribution >= 0.6 is 15.9 Å². The molecule has 0 saturated carbocycles. The van der Waals surface area contributed by atoms with Crippen molar-refractivity contribution in [2.75, 3.05) is 17.7 Å². The van der Waals surface area contributed by atoms with E-state index in [1.165, 1.54) is 12.3 Å². The number of nitrogen functional groups attached to an aromatic ring is 1. The predicted molar refractivity (Wildman–Crippen MR) is 99.5 cm³/mol. The number of nitrogens with zero attached hydrogens (tertiary/aromatic N) is 1. The zero-order valence-corrected chi connectivity index (χ0v) is 15.2. The first-order valence-corrected chi connectivity index (χ1v) is 8.47. The number of nitrogens with two attached hydrogens (primary N) is 1. The van der Waals surface area contributed by atoms with Gasteiger partial charge in [-0.05, 0) is 25.1 Å². The van der Waals surface area contributed by atoms with E-state index in [0.717, 1.165) is 12.1 Å². The molecule has 0 radical (unpaired) electrons. The van der Waals surface area contributed by atoms with Crippen molar-refractivity contribution in [1.29, 1.82) is 0 Å². The van der Waals surface area contributed by atoms with Crippen LogP contribution in [-0.2, 0) is 4.74 Å². The molecule has 3 rings (SSSR count). The number of hydrogen-bond donors (Lipinski definition) is 2. The van der Waals surface area contributed by atoms with E-state index in [9.17, 15) is 13.6 Å². The van der Waals surface area contributed by atoms with Gasteiger partial charge in [0.25, 0.3) is 0 Å². The monoisotopic (exact) mass is 421 g/mol. The number of fused-ring (bicyclic) bond motifs is 1. The van der Waals surface area contributed by atoms with Crippen LogP contribution in [0.4, 0.5) is 25.8 Å². The van der Waals surface area contributed by atoms with Crippen LogP contribution in [0.3, 0.4) is 0 Å². The van der Waals surface area contributed by atoms with Crippen LogP contribution in [-0.4, -0.2) is 17.6 Å². The second kappa shape index (κ2) is 7.25. The van der Waals surface area contributed by atoms with Crippen LogP contribution in [0.5, 0.6) is 0 Å². The van der Waals surface area contributed by atoms with Gasteiger partial charge in [0.1, 0.15) is 11.6 Å². The molecule has 0 saturated heterocycles. The number of hydrogen-bond acceptors (Lipinski definition) is 5. The first-order chi connectivity index (χ1) is 12.4. The average molecular weight is 422 g/mol. The number of anilines is 3. The van der Waals surface area contributed by atoms with Gasteiger partial charge in [0.05, 0.1) is 40.1 Å². The van der Waals surface area contributed by atoms with Crippen molar-refractivity contribution >= 4 is 49.9 Å². The largest absolute Gasteiger partial charge is 0.462 e. The summed E-state index contributed by atoms with van der Waals surface area (Å²) in [5.74, 6) is -2.04. The molecule has 0 bridgehead atoms. The van der Waals surface area contributed by atoms with Crippen molar-refractivity contribution in [1.82, 2.24) is 4.98 Å². The van der Waals surface area contributed by atoms with Crippen LogP contribution in [0.25, 0.3) is 10.9 Å². The molecule has 134 valence electrons. The Hall–Kier alpha value is -2.74. The highest BCUT2D eigenvalue weighted by atomic mass is 79.9. The molecule has 0 spiro atoms. The third kappa shape index (κ3) is 3.45. The van der Waals surface area contributed by atoms with Gasteiger partial charge in [-0.15, -0.1) is 0 Å². The Morgan fingerprint density at radius 1 is 1.27 bits per heavy atom. The molecule has 8 heteroatoms. The predicted octanol–water partition coefficient (Wildman–Crippen LogP) is 4.78. The topological polar surface area (TPSA) is 77.2 Å². The smallest absolute Gasteiger partial charge is 0.340 e. The second-order valence-electron chi connectivity index (χ2n) is 5.40. The summed E-state index contributed by atoms with van der Waals surface area (Å²) in [7, 11) is 0. The molecule has 0 amide bonds. The van der Waals surface area contributed by atoms with Gasteiger partial charge in [-0.3, -0.25) is 4.98 Å². The maximum absolute atomic E-state index is 14.3. The van der Waals surface area contributed by atoms with E-state index in [4.69, 9.17) is 10.5 Å². The summed E-state index contributed by atoms with van der Waals surface area (Å²) in [5.41, 5.74) is 7.28. The van der Waals surface area contributed by atoms with Gasteiger partial charge in [-0.2, -0.15) is 0 Å². The molecule has 0 aliphatic rings. The minimum absolute atomic E-state index is 0.117. The molecular weight excluding hydrogens is 408 g/mol. The van der Waals surface area contributed by atoms with E-state index < -0.39 is 17.6 Å². The van der Waals surface area contributed by atoms with Gasteiger partial charge in [-0.25, -0.2) is 13.6 Å². The Kier molecular flexibility index (Phi) is 5.03. The first kappa shape index (κ1) is 18.1. The van der Waals surface area contributed by atoms with Crippen molar-refractivity contribution in [2.45, 2.75) is 6.92 Å². The lowest BCUT2D eigenvalue weighted by Crippen LogP contribution is -2.10. The van der Waals surface area contributed by atoms with Gasteiger partial charge >= 0.3 is 5.97 Å². The molecule has 1 heterocycles. The second-order valence-corrected chi connectivity index (χ2v) is 6.32. The lowest BCUT2D eigenvalue weighted by atomic mass is 10.1. The van der Waals surface area contributed by atoms with Crippen LogP contribution < -0.4 is 11.1 Å². The Morgan fingerprint density at radius 2 is 2.04 bits per heavy atom. The number of esters is 1. The molecule has 26 heavy (non-hydrogen) atoms. The van der Waals surface area contributed by atoms with Gasteiger partial charge in [0, 0.05) is 22.8 Å². The zero-order chi connectivity index (χ0) is 18.8. The summed E-state index contributed by atoms with van der Waals surface area (Å²) in [5, 5.41) is 3.11. The van der Waals surface area contributed by atoms with Gasteiger partial charge in [0.2, 0.25) is 0 Å². The third-order valence-corrected chi connectivity index (χ3v) is 4.13. The number of carbonyl (C=O) groups is 1. The molecule has 3 aromatic rings. The summed E-state index contributed by atoms with van der Waals surface area (Å²) in [6.07, 6.45) is 1.42. The molecule has 0 aliphatic heterocycles. The number of benzene rings is 2. The summed E-state index contributed by atoms with van der Waals surface area (Å²) in [4.78, 5) is 16.0. The normalized spacial score (nSPS) is 10.8. The number of pyridine rings is 1. The van der Waals surface area contributed by atoms with Crippen molar-refractivity contribution < 1.29 is 18.3 Å². The van der Waals surface area contributed by atoms with E-state index in [1.54, 1.807) is 19.1 Å². The van der Waals surface area contributed by atoms with Crippen molar-refractivity contribution in [3.05, 3.63) is 58.2 Å².